The lowest BCUT2D eigenvalue weighted by molar-refractivity contribution is 0.0932. The summed E-state index contributed by atoms with van der Waals surface area (Å²) < 4.78 is 13.2. The van der Waals surface area contributed by atoms with E-state index in [4.69, 9.17) is 11.6 Å². The van der Waals surface area contributed by atoms with Crippen LogP contribution in [-0.4, -0.2) is 58.8 Å². The summed E-state index contributed by atoms with van der Waals surface area (Å²) in [6, 6.07) is 9.85. The van der Waals surface area contributed by atoms with Gasteiger partial charge in [-0.2, -0.15) is 0 Å². The molecular formula is C24H24ClFN6O3. The van der Waals surface area contributed by atoms with Crippen molar-refractivity contribution in [1.29, 1.82) is 0 Å². The van der Waals surface area contributed by atoms with Crippen molar-refractivity contribution < 1.29 is 18.8 Å². The number of aromatic nitrogens is 2. The smallest absolute Gasteiger partial charge is 0.276 e. The maximum Gasteiger partial charge on any atom is 0.276 e. The number of nitrogens with zero attached hydrogens (tertiary/aromatic N) is 2. The maximum absolute atomic E-state index is 13.2. The first-order chi connectivity index (χ1) is 16.9. The first-order valence-corrected chi connectivity index (χ1v) is 11.5. The van der Waals surface area contributed by atoms with Gasteiger partial charge in [0.15, 0.2) is 5.69 Å². The molecule has 1 aromatic heterocycles. The SMILES string of the molecule is O=C(Nc1ccc(NC(=O)c2nc[nH]c2C(=O)NCCN2CCCC2)cc1)c1ccc(F)cc1Cl. The van der Waals surface area contributed by atoms with E-state index >= 15 is 0 Å². The Labute approximate surface area is 206 Å². The molecule has 9 nitrogen and oxygen atoms in total. The second-order valence-electron chi connectivity index (χ2n) is 8.04. The summed E-state index contributed by atoms with van der Waals surface area (Å²) in [5.74, 6) is -1.98. The molecular weight excluding hydrogens is 475 g/mol. The van der Waals surface area contributed by atoms with Crippen molar-refractivity contribution in [3.05, 3.63) is 76.6 Å². The Morgan fingerprint density at radius 2 is 1.63 bits per heavy atom. The number of halogens is 2. The number of benzene rings is 2. The van der Waals surface area contributed by atoms with E-state index in [1.807, 2.05) is 0 Å². The Kier molecular flexibility index (Phi) is 7.74. The summed E-state index contributed by atoms with van der Waals surface area (Å²) in [5.41, 5.74) is 1.09. The molecule has 0 bridgehead atoms. The van der Waals surface area contributed by atoms with E-state index in [1.54, 1.807) is 24.3 Å². The first-order valence-electron chi connectivity index (χ1n) is 11.1. The molecule has 1 saturated heterocycles. The molecule has 182 valence electrons. The molecule has 3 amide bonds. The largest absolute Gasteiger partial charge is 0.349 e. The highest BCUT2D eigenvalue weighted by atomic mass is 35.5. The summed E-state index contributed by atoms with van der Waals surface area (Å²) in [7, 11) is 0. The number of carbonyl (C=O) groups excluding carboxylic acids is 3. The van der Waals surface area contributed by atoms with Crippen LogP contribution in [0.2, 0.25) is 5.02 Å². The second-order valence-corrected chi connectivity index (χ2v) is 8.45. The lowest BCUT2D eigenvalue weighted by Crippen LogP contribution is -2.34. The number of rotatable bonds is 8. The molecule has 0 saturated carbocycles. The Morgan fingerprint density at radius 1 is 0.971 bits per heavy atom. The Hall–Kier alpha value is -3.76. The molecule has 1 aliphatic rings. The van der Waals surface area contributed by atoms with Gasteiger partial charge < -0.3 is 25.8 Å². The van der Waals surface area contributed by atoms with Crippen LogP contribution in [0.3, 0.4) is 0 Å². The van der Waals surface area contributed by atoms with Crippen LogP contribution in [0, 0.1) is 5.82 Å². The Balaban J connectivity index is 1.32. The van der Waals surface area contributed by atoms with Crippen LogP contribution < -0.4 is 16.0 Å². The number of likely N-dealkylation sites (tertiary alicyclic amines) is 1. The molecule has 4 N–H and O–H groups in total. The minimum atomic E-state index is -0.550. The molecule has 0 spiro atoms. The van der Waals surface area contributed by atoms with Crippen LogP contribution in [0.4, 0.5) is 15.8 Å². The molecule has 0 unspecified atom stereocenters. The fourth-order valence-corrected chi connectivity index (χ4v) is 4.01. The van der Waals surface area contributed by atoms with Gasteiger partial charge in [-0.25, -0.2) is 9.37 Å². The molecule has 1 aliphatic heterocycles. The van der Waals surface area contributed by atoms with Crippen LogP contribution >= 0.6 is 11.6 Å². The summed E-state index contributed by atoms with van der Waals surface area (Å²) >= 11 is 5.93. The highest BCUT2D eigenvalue weighted by Gasteiger charge is 2.21. The van der Waals surface area contributed by atoms with E-state index < -0.39 is 23.5 Å². The number of amides is 3. The van der Waals surface area contributed by atoms with Gasteiger partial charge in [0.25, 0.3) is 17.7 Å². The third-order valence-corrected chi connectivity index (χ3v) is 5.88. The van der Waals surface area contributed by atoms with E-state index in [-0.39, 0.29) is 22.0 Å². The van der Waals surface area contributed by atoms with Crippen molar-refractivity contribution in [2.75, 3.05) is 36.8 Å². The summed E-state index contributed by atoms with van der Waals surface area (Å²) in [6.45, 7) is 3.32. The van der Waals surface area contributed by atoms with Gasteiger partial charge in [-0.15, -0.1) is 0 Å². The zero-order chi connectivity index (χ0) is 24.8. The van der Waals surface area contributed by atoms with Gasteiger partial charge in [0, 0.05) is 24.5 Å². The molecule has 35 heavy (non-hydrogen) atoms. The fourth-order valence-electron chi connectivity index (χ4n) is 3.76. The second kappa shape index (κ2) is 11.1. The van der Waals surface area contributed by atoms with Gasteiger partial charge in [-0.1, -0.05) is 11.6 Å². The number of H-pyrrole nitrogens is 1. The van der Waals surface area contributed by atoms with Gasteiger partial charge in [0.1, 0.15) is 11.5 Å². The van der Waals surface area contributed by atoms with Gasteiger partial charge in [-0.05, 0) is 68.4 Å². The number of carbonyl (C=O) groups is 3. The van der Waals surface area contributed by atoms with Gasteiger partial charge in [0.05, 0.1) is 16.9 Å². The van der Waals surface area contributed by atoms with Crippen molar-refractivity contribution in [3.8, 4) is 0 Å². The summed E-state index contributed by atoms with van der Waals surface area (Å²) in [6.07, 6.45) is 3.65. The van der Waals surface area contributed by atoms with Crippen molar-refractivity contribution in [2.24, 2.45) is 0 Å². The van der Waals surface area contributed by atoms with E-state index in [9.17, 15) is 18.8 Å². The van der Waals surface area contributed by atoms with Crippen LogP contribution in [0.25, 0.3) is 0 Å². The van der Waals surface area contributed by atoms with Crippen molar-refractivity contribution in [2.45, 2.75) is 12.8 Å². The molecule has 0 radical (unpaired) electrons. The van der Waals surface area contributed by atoms with Crippen LogP contribution in [-0.2, 0) is 0 Å². The van der Waals surface area contributed by atoms with Gasteiger partial charge >= 0.3 is 0 Å². The Morgan fingerprint density at radius 3 is 2.29 bits per heavy atom. The minimum Gasteiger partial charge on any atom is -0.349 e. The summed E-state index contributed by atoms with van der Waals surface area (Å²) in [5, 5.41) is 8.16. The topological polar surface area (TPSA) is 119 Å². The van der Waals surface area contributed by atoms with Crippen molar-refractivity contribution in [3.63, 3.8) is 0 Å². The number of anilines is 2. The maximum atomic E-state index is 13.2. The van der Waals surface area contributed by atoms with Gasteiger partial charge in [-0.3, -0.25) is 14.4 Å². The number of hydrogen-bond donors (Lipinski definition) is 4. The zero-order valence-electron chi connectivity index (χ0n) is 18.7. The molecule has 0 atom stereocenters. The third-order valence-electron chi connectivity index (χ3n) is 5.57. The minimum absolute atomic E-state index is 0.00118. The van der Waals surface area contributed by atoms with E-state index in [0.29, 0.717) is 17.9 Å². The van der Waals surface area contributed by atoms with E-state index in [1.165, 1.54) is 25.2 Å². The van der Waals surface area contributed by atoms with E-state index in [0.717, 1.165) is 31.8 Å². The van der Waals surface area contributed by atoms with E-state index in [2.05, 4.69) is 30.8 Å². The fraction of sp³-hybridized carbons (Fsp3) is 0.250. The van der Waals surface area contributed by atoms with Crippen LogP contribution in [0.5, 0.6) is 0 Å². The molecule has 2 heterocycles. The molecule has 3 aromatic rings. The number of nitrogens with one attached hydrogen (secondary N) is 4. The van der Waals surface area contributed by atoms with Crippen molar-refractivity contribution in [1.82, 2.24) is 20.2 Å². The summed E-state index contributed by atoms with van der Waals surface area (Å²) in [4.78, 5) is 46.6. The molecule has 11 heteroatoms. The standard InChI is InChI=1S/C24H24ClFN6O3/c25-19-13-15(26)3-8-18(19)22(33)30-16-4-6-17(7-5-16)31-24(35)21-20(28-14-29-21)23(34)27-9-12-32-10-1-2-11-32/h3-8,13-14H,1-2,9-12H2,(H,27,34)(H,28,29)(H,30,33)(H,31,35). The lowest BCUT2D eigenvalue weighted by atomic mass is 10.2. The van der Waals surface area contributed by atoms with Gasteiger partial charge in [0.2, 0.25) is 0 Å². The average molecular weight is 499 g/mol. The normalized spacial score (nSPS) is 13.4. The van der Waals surface area contributed by atoms with Crippen LogP contribution in [0.15, 0.2) is 48.8 Å². The zero-order valence-corrected chi connectivity index (χ0v) is 19.5. The number of imidazole rings is 1. The molecule has 0 aliphatic carbocycles. The lowest BCUT2D eigenvalue weighted by Gasteiger charge is -2.14. The number of hydrogen-bond acceptors (Lipinski definition) is 5. The molecule has 2 aromatic carbocycles. The predicted molar refractivity (Wildman–Crippen MR) is 130 cm³/mol. The highest BCUT2D eigenvalue weighted by molar-refractivity contribution is 6.34. The highest BCUT2D eigenvalue weighted by Crippen LogP contribution is 2.20. The Bertz CT molecular complexity index is 1220. The van der Waals surface area contributed by atoms with Crippen molar-refractivity contribution >= 4 is 40.7 Å². The molecule has 4 rings (SSSR count). The average Bonchev–Trinajstić information content (AvgIpc) is 3.52. The molecule has 1 fully saturated rings. The monoisotopic (exact) mass is 498 g/mol. The number of aromatic amines is 1. The quantitative estimate of drug-likeness (QED) is 0.379. The first kappa shape index (κ1) is 24.4. The predicted octanol–water partition coefficient (Wildman–Crippen LogP) is 3.53. The van der Waals surface area contributed by atoms with Crippen LogP contribution in [0.1, 0.15) is 44.2 Å². The third kappa shape index (κ3) is 6.23.